The second-order valence-electron chi connectivity index (χ2n) is 4.72. The molecule has 0 aliphatic carbocycles. The Morgan fingerprint density at radius 2 is 2.06 bits per heavy atom. The highest BCUT2D eigenvalue weighted by atomic mass is 16.5. The second-order valence-corrected chi connectivity index (χ2v) is 4.72. The van der Waals surface area contributed by atoms with Crippen molar-refractivity contribution in [3.8, 4) is 5.75 Å². The van der Waals surface area contributed by atoms with Crippen LogP contribution in [0.15, 0.2) is 18.2 Å². The number of aryl methyl sites for hydroxylation is 1. The van der Waals surface area contributed by atoms with Crippen LogP contribution in [0.1, 0.15) is 38.3 Å². The third-order valence-electron chi connectivity index (χ3n) is 3.00. The standard InChI is InChI=1S/C15H25NO/c1-5-12(3)11-17-15-8-7-13(4)9-14(15)10-16-6-2/h7-9,12,16H,5-6,10-11H2,1-4H3. The first kappa shape index (κ1) is 14.0. The van der Waals surface area contributed by atoms with Crippen molar-refractivity contribution in [1.29, 1.82) is 0 Å². The van der Waals surface area contributed by atoms with Crippen LogP contribution in [0.3, 0.4) is 0 Å². The minimum Gasteiger partial charge on any atom is -0.493 e. The molecule has 1 rings (SSSR count). The van der Waals surface area contributed by atoms with Gasteiger partial charge in [0.2, 0.25) is 0 Å². The Morgan fingerprint density at radius 1 is 1.29 bits per heavy atom. The van der Waals surface area contributed by atoms with E-state index in [-0.39, 0.29) is 0 Å². The van der Waals surface area contributed by atoms with Gasteiger partial charge in [0.25, 0.3) is 0 Å². The molecular weight excluding hydrogens is 210 g/mol. The van der Waals surface area contributed by atoms with Gasteiger partial charge < -0.3 is 10.1 Å². The number of benzene rings is 1. The molecule has 0 spiro atoms. The molecule has 0 aromatic heterocycles. The Hall–Kier alpha value is -1.02. The molecule has 0 saturated heterocycles. The van der Waals surface area contributed by atoms with Crippen LogP contribution in [0, 0.1) is 12.8 Å². The van der Waals surface area contributed by atoms with Crippen molar-refractivity contribution in [2.75, 3.05) is 13.2 Å². The third-order valence-corrected chi connectivity index (χ3v) is 3.00. The number of rotatable bonds is 7. The summed E-state index contributed by atoms with van der Waals surface area (Å²) < 4.78 is 5.90. The predicted octanol–water partition coefficient (Wildman–Crippen LogP) is 3.53. The summed E-state index contributed by atoms with van der Waals surface area (Å²) in [6, 6.07) is 6.40. The van der Waals surface area contributed by atoms with E-state index in [4.69, 9.17) is 4.74 Å². The fraction of sp³-hybridized carbons (Fsp3) is 0.600. The molecule has 0 saturated carbocycles. The van der Waals surface area contributed by atoms with Gasteiger partial charge in [0.05, 0.1) is 6.61 Å². The van der Waals surface area contributed by atoms with E-state index in [1.807, 2.05) is 0 Å². The molecule has 2 heteroatoms. The number of nitrogens with one attached hydrogen (secondary N) is 1. The Bertz CT molecular complexity index is 336. The van der Waals surface area contributed by atoms with Crippen LogP contribution in [0.4, 0.5) is 0 Å². The molecule has 1 unspecified atom stereocenters. The number of hydrogen-bond acceptors (Lipinski definition) is 2. The Kier molecular flexibility index (Phi) is 6.06. The van der Waals surface area contributed by atoms with Crippen molar-refractivity contribution in [2.45, 2.75) is 40.7 Å². The zero-order valence-corrected chi connectivity index (χ0v) is 11.5. The second kappa shape index (κ2) is 7.33. The number of hydrogen-bond donors (Lipinski definition) is 1. The summed E-state index contributed by atoms with van der Waals surface area (Å²) in [5.41, 5.74) is 2.55. The van der Waals surface area contributed by atoms with Crippen LogP contribution in [0.25, 0.3) is 0 Å². The van der Waals surface area contributed by atoms with Gasteiger partial charge in [-0.15, -0.1) is 0 Å². The molecule has 2 nitrogen and oxygen atoms in total. The van der Waals surface area contributed by atoms with Gasteiger partial charge in [-0.05, 0) is 25.5 Å². The molecule has 0 aliphatic rings. The Labute approximate surface area is 105 Å². The quantitative estimate of drug-likeness (QED) is 0.780. The predicted molar refractivity (Wildman–Crippen MR) is 73.5 cm³/mol. The van der Waals surface area contributed by atoms with Crippen molar-refractivity contribution in [3.63, 3.8) is 0 Å². The average molecular weight is 235 g/mol. The first-order chi connectivity index (χ1) is 8.17. The van der Waals surface area contributed by atoms with Crippen LogP contribution in [0.2, 0.25) is 0 Å². The lowest BCUT2D eigenvalue weighted by Gasteiger charge is -2.15. The average Bonchev–Trinajstić information content (AvgIpc) is 2.34. The highest BCUT2D eigenvalue weighted by Crippen LogP contribution is 2.21. The summed E-state index contributed by atoms with van der Waals surface area (Å²) in [5, 5.41) is 3.35. The van der Waals surface area contributed by atoms with E-state index in [1.165, 1.54) is 11.1 Å². The van der Waals surface area contributed by atoms with Gasteiger partial charge in [-0.3, -0.25) is 0 Å². The van der Waals surface area contributed by atoms with E-state index >= 15 is 0 Å². The molecule has 0 amide bonds. The molecule has 17 heavy (non-hydrogen) atoms. The van der Waals surface area contributed by atoms with Crippen LogP contribution in [-0.2, 0) is 6.54 Å². The smallest absolute Gasteiger partial charge is 0.123 e. The minimum absolute atomic E-state index is 0.614. The third kappa shape index (κ3) is 4.78. The summed E-state index contributed by atoms with van der Waals surface area (Å²) in [7, 11) is 0. The van der Waals surface area contributed by atoms with E-state index in [2.05, 4.69) is 51.2 Å². The molecule has 96 valence electrons. The minimum atomic E-state index is 0.614. The summed E-state index contributed by atoms with van der Waals surface area (Å²) in [6.45, 7) is 11.3. The monoisotopic (exact) mass is 235 g/mol. The summed E-state index contributed by atoms with van der Waals surface area (Å²) in [6.07, 6.45) is 1.16. The van der Waals surface area contributed by atoms with Crippen LogP contribution >= 0.6 is 0 Å². The zero-order chi connectivity index (χ0) is 12.7. The van der Waals surface area contributed by atoms with Gasteiger partial charge >= 0.3 is 0 Å². The van der Waals surface area contributed by atoms with Crippen molar-refractivity contribution >= 4 is 0 Å². The maximum Gasteiger partial charge on any atom is 0.123 e. The molecule has 0 bridgehead atoms. The van der Waals surface area contributed by atoms with Gasteiger partial charge in [0, 0.05) is 12.1 Å². The fourth-order valence-electron chi connectivity index (χ4n) is 1.60. The maximum absolute atomic E-state index is 5.90. The summed E-state index contributed by atoms with van der Waals surface area (Å²) in [4.78, 5) is 0. The molecule has 0 aliphatic heterocycles. The first-order valence-electron chi connectivity index (χ1n) is 6.60. The van der Waals surface area contributed by atoms with E-state index in [0.717, 1.165) is 31.9 Å². The van der Waals surface area contributed by atoms with Gasteiger partial charge in [-0.1, -0.05) is 44.9 Å². The highest BCUT2D eigenvalue weighted by Gasteiger charge is 2.06. The first-order valence-corrected chi connectivity index (χ1v) is 6.60. The van der Waals surface area contributed by atoms with Gasteiger partial charge in [-0.25, -0.2) is 0 Å². The van der Waals surface area contributed by atoms with Crippen LogP contribution in [0.5, 0.6) is 5.75 Å². The largest absolute Gasteiger partial charge is 0.493 e. The van der Waals surface area contributed by atoms with Crippen molar-refractivity contribution in [2.24, 2.45) is 5.92 Å². The molecule has 0 radical (unpaired) electrons. The SMILES string of the molecule is CCNCc1cc(C)ccc1OCC(C)CC. The number of ether oxygens (including phenoxy) is 1. The molecule has 1 atom stereocenters. The van der Waals surface area contributed by atoms with Gasteiger partial charge in [0.15, 0.2) is 0 Å². The molecule has 1 aromatic rings. The van der Waals surface area contributed by atoms with Crippen LogP contribution < -0.4 is 10.1 Å². The summed E-state index contributed by atoms with van der Waals surface area (Å²) >= 11 is 0. The molecule has 1 aromatic carbocycles. The lowest BCUT2D eigenvalue weighted by atomic mass is 10.1. The molecule has 1 N–H and O–H groups in total. The van der Waals surface area contributed by atoms with Gasteiger partial charge in [-0.2, -0.15) is 0 Å². The van der Waals surface area contributed by atoms with E-state index < -0.39 is 0 Å². The highest BCUT2D eigenvalue weighted by molar-refractivity contribution is 5.36. The van der Waals surface area contributed by atoms with Crippen molar-refractivity contribution in [1.82, 2.24) is 5.32 Å². The Morgan fingerprint density at radius 3 is 2.71 bits per heavy atom. The zero-order valence-electron chi connectivity index (χ0n) is 11.5. The van der Waals surface area contributed by atoms with Crippen molar-refractivity contribution in [3.05, 3.63) is 29.3 Å². The molecule has 0 fully saturated rings. The van der Waals surface area contributed by atoms with Crippen molar-refractivity contribution < 1.29 is 4.74 Å². The van der Waals surface area contributed by atoms with E-state index in [1.54, 1.807) is 0 Å². The Balaban J connectivity index is 2.68. The van der Waals surface area contributed by atoms with Gasteiger partial charge in [0.1, 0.15) is 5.75 Å². The summed E-state index contributed by atoms with van der Waals surface area (Å²) in [5.74, 6) is 1.64. The van der Waals surface area contributed by atoms with E-state index in [0.29, 0.717) is 5.92 Å². The fourth-order valence-corrected chi connectivity index (χ4v) is 1.60. The lowest BCUT2D eigenvalue weighted by Crippen LogP contribution is -2.14. The topological polar surface area (TPSA) is 21.3 Å². The van der Waals surface area contributed by atoms with Crippen LogP contribution in [-0.4, -0.2) is 13.2 Å². The van der Waals surface area contributed by atoms with E-state index in [9.17, 15) is 0 Å². The normalized spacial score (nSPS) is 12.5. The molecule has 0 heterocycles. The molecular formula is C15H25NO. The lowest BCUT2D eigenvalue weighted by molar-refractivity contribution is 0.254. The maximum atomic E-state index is 5.90.